The highest BCUT2D eigenvalue weighted by Gasteiger charge is 2.17. The van der Waals surface area contributed by atoms with Gasteiger partial charge in [-0.25, -0.2) is 14.8 Å². The molecule has 3 heterocycles. The van der Waals surface area contributed by atoms with E-state index in [9.17, 15) is 4.79 Å². The van der Waals surface area contributed by atoms with Crippen LogP contribution in [0.15, 0.2) is 24.7 Å². The molecule has 22 heavy (non-hydrogen) atoms. The van der Waals surface area contributed by atoms with Gasteiger partial charge in [-0.3, -0.25) is 4.68 Å². The van der Waals surface area contributed by atoms with Crippen molar-refractivity contribution in [2.24, 2.45) is 0 Å². The number of carboxylic acid groups (broad SMARTS) is 1. The lowest BCUT2D eigenvalue weighted by Gasteiger charge is -2.23. The van der Waals surface area contributed by atoms with Crippen LogP contribution < -0.4 is 0 Å². The Labute approximate surface area is 127 Å². The fraction of sp³-hybridized carbons (Fsp3) is 0.333. The van der Waals surface area contributed by atoms with Gasteiger partial charge in [0.25, 0.3) is 0 Å². The van der Waals surface area contributed by atoms with E-state index in [4.69, 9.17) is 9.84 Å². The molecular weight excluding hydrogens is 284 g/mol. The Morgan fingerprint density at radius 2 is 2.14 bits per heavy atom. The van der Waals surface area contributed by atoms with Crippen LogP contribution in [0.5, 0.6) is 0 Å². The molecule has 1 aliphatic rings. The summed E-state index contributed by atoms with van der Waals surface area (Å²) in [5, 5.41) is 13.3. The van der Waals surface area contributed by atoms with Crippen LogP contribution in [0.4, 0.5) is 0 Å². The topological polar surface area (TPSA) is 90.1 Å². The van der Waals surface area contributed by atoms with Gasteiger partial charge in [-0.2, -0.15) is 5.10 Å². The van der Waals surface area contributed by atoms with Gasteiger partial charge >= 0.3 is 5.97 Å². The summed E-state index contributed by atoms with van der Waals surface area (Å²) in [6.45, 7) is 1.50. The van der Waals surface area contributed by atoms with Crippen molar-refractivity contribution in [3.63, 3.8) is 0 Å². The standard InChI is InChI=1S/C15H16N4O3/c20-15(21)14-9-11(16-10-17-14)1-2-12-3-6-18-19(12)13-4-7-22-8-5-13/h1-3,6,9-10,13H,4-5,7-8H2,(H,20,21). The summed E-state index contributed by atoms with van der Waals surface area (Å²) >= 11 is 0. The summed E-state index contributed by atoms with van der Waals surface area (Å²) in [5.74, 6) is -1.07. The molecular formula is C15H16N4O3. The van der Waals surface area contributed by atoms with Gasteiger partial charge in [-0.05, 0) is 37.1 Å². The van der Waals surface area contributed by atoms with Crippen LogP contribution in [0, 0.1) is 0 Å². The van der Waals surface area contributed by atoms with Gasteiger partial charge in [0.2, 0.25) is 0 Å². The third-order valence-electron chi connectivity index (χ3n) is 3.57. The molecule has 1 N–H and O–H groups in total. The number of aromatic nitrogens is 4. The third-order valence-corrected chi connectivity index (χ3v) is 3.57. The summed E-state index contributed by atoms with van der Waals surface area (Å²) in [7, 11) is 0. The summed E-state index contributed by atoms with van der Waals surface area (Å²) in [6.07, 6.45) is 8.55. The minimum atomic E-state index is -1.07. The van der Waals surface area contributed by atoms with E-state index in [1.165, 1.54) is 12.4 Å². The normalized spacial score (nSPS) is 16.2. The van der Waals surface area contributed by atoms with Gasteiger partial charge in [0.05, 0.1) is 17.4 Å². The van der Waals surface area contributed by atoms with Gasteiger partial charge in [0, 0.05) is 19.4 Å². The molecule has 7 heteroatoms. The molecule has 0 aromatic carbocycles. The van der Waals surface area contributed by atoms with Gasteiger partial charge in [0.1, 0.15) is 6.33 Å². The minimum Gasteiger partial charge on any atom is -0.477 e. The predicted octanol–water partition coefficient (Wildman–Crippen LogP) is 1.89. The van der Waals surface area contributed by atoms with Crippen molar-refractivity contribution in [1.82, 2.24) is 19.7 Å². The molecule has 0 radical (unpaired) electrons. The highest BCUT2D eigenvalue weighted by atomic mass is 16.5. The molecule has 0 aliphatic carbocycles. The molecule has 0 bridgehead atoms. The van der Waals surface area contributed by atoms with Gasteiger partial charge < -0.3 is 9.84 Å². The van der Waals surface area contributed by atoms with E-state index < -0.39 is 5.97 Å². The molecule has 1 fully saturated rings. The van der Waals surface area contributed by atoms with Crippen LogP contribution >= 0.6 is 0 Å². The fourth-order valence-electron chi connectivity index (χ4n) is 2.44. The summed E-state index contributed by atoms with van der Waals surface area (Å²) < 4.78 is 7.36. The average molecular weight is 300 g/mol. The Hall–Kier alpha value is -2.54. The van der Waals surface area contributed by atoms with E-state index in [0.29, 0.717) is 11.7 Å². The zero-order valence-corrected chi connectivity index (χ0v) is 11.9. The molecule has 7 nitrogen and oxygen atoms in total. The van der Waals surface area contributed by atoms with Crippen LogP contribution in [0.3, 0.4) is 0 Å². The lowest BCUT2D eigenvalue weighted by atomic mass is 10.1. The van der Waals surface area contributed by atoms with Crippen LogP contribution in [0.1, 0.15) is 40.8 Å². The Bertz CT molecular complexity index is 690. The molecule has 0 saturated carbocycles. The third kappa shape index (κ3) is 3.20. The summed E-state index contributed by atoms with van der Waals surface area (Å²) in [6, 6.07) is 3.70. The maximum Gasteiger partial charge on any atom is 0.354 e. The van der Waals surface area contributed by atoms with Gasteiger partial charge in [0.15, 0.2) is 5.69 Å². The number of nitrogens with zero attached hydrogens (tertiary/aromatic N) is 4. The SMILES string of the molecule is O=C(O)c1cc(C=Cc2ccnn2C2CCOCC2)ncn1. The molecule has 3 rings (SSSR count). The van der Waals surface area contributed by atoms with Crippen LogP contribution in [0.25, 0.3) is 12.2 Å². The van der Waals surface area contributed by atoms with Crippen molar-refractivity contribution >= 4 is 18.1 Å². The van der Waals surface area contributed by atoms with Crippen LogP contribution in [-0.4, -0.2) is 44.0 Å². The maximum absolute atomic E-state index is 10.9. The number of aromatic carboxylic acids is 1. The Kier molecular flexibility index (Phi) is 4.24. The van der Waals surface area contributed by atoms with Gasteiger partial charge in [-0.15, -0.1) is 0 Å². The molecule has 0 unspecified atom stereocenters. The lowest BCUT2D eigenvalue weighted by molar-refractivity contribution is 0.0660. The number of rotatable bonds is 4. The molecule has 2 aromatic rings. The van der Waals surface area contributed by atoms with Crippen molar-refractivity contribution in [2.45, 2.75) is 18.9 Å². The minimum absolute atomic E-state index is 0.0208. The van der Waals surface area contributed by atoms with E-state index in [2.05, 4.69) is 15.1 Å². The van der Waals surface area contributed by atoms with E-state index in [1.807, 2.05) is 16.8 Å². The second-order valence-electron chi connectivity index (χ2n) is 5.01. The number of carbonyl (C=O) groups is 1. The average Bonchev–Trinajstić information content (AvgIpc) is 3.02. The first-order valence-corrected chi connectivity index (χ1v) is 7.09. The number of hydrogen-bond donors (Lipinski definition) is 1. The Morgan fingerprint density at radius 3 is 2.91 bits per heavy atom. The van der Waals surface area contributed by atoms with Crippen molar-refractivity contribution in [2.75, 3.05) is 13.2 Å². The highest BCUT2D eigenvalue weighted by molar-refractivity contribution is 5.86. The van der Waals surface area contributed by atoms with Crippen molar-refractivity contribution in [3.05, 3.63) is 41.7 Å². The zero-order valence-electron chi connectivity index (χ0n) is 11.9. The van der Waals surface area contributed by atoms with Crippen molar-refractivity contribution in [3.8, 4) is 0 Å². The van der Waals surface area contributed by atoms with E-state index in [0.717, 1.165) is 31.7 Å². The molecule has 0 atom stereocenters. The quantitative estimate of drug-likeness (QED) is 0.927. The van der Waals surface area contributed by atoms with E-state index in [-0.39, 0.29) is 5.69 Å². The number of hydrogen-bond acceptors (Lipinski definition) is 5. The molecule has 1 aliphatic heterocycles. The molecule has 2 aromatic heterocycles. The maximum atomic E-state index is 10.9. The monoisotopic (exact) mass is 300 g/mol. The van der Waals surface area contributed by atoms with Crippen molar-refractivity contribution < 1.29 is 14.6 Å². The first kappa shape index (κ1) is 14.4. The molecule has 114 valence electrons. The number of ether oxygens (including phenoxy) is 1. The second kappa shape index (κ2) is 6.48. The molecule has 0 amide bonds. The molecule has 0 spiro atoms. The number of carboxylic acids is 1. The lowest BCUT2D eigenvalue weighted by Crippen LogP contribution is -2.21. The van der Waals surface area contributed by atoms with E-state index in [1.54, 1.807) is 12.3 Å². The smallest absolute Gasteiger partial charge is 0.354 e. The van der Waals surface area contributed by atoms with Gasteiger partial charge in [-0.1, -0.05) is 0 Å². The first-order valence-electron chi connectivity index (χ1n) is 7.09. The fourth-order valence-corrected chi connectivity index (χ4v) is 2.44. The highest BCUT2D eigenvalue weighted by Crippen LogP contribution is 2.22. The zero-order chi connectivity index (χ0) is 15.4. The van der Waals surface area contributed by atoms with Crippen LogP contribution in [-0.2, 0) is 4.74 Å². The summed E-state index contributed by atoms with van der Waals surface area (Å²) in [5.41, 5.74) is 1.49. The Morgan fingerprint density at radius 1 is 1.32 bits per heavy atom. The van der Waals surface area contributed by atoms with E-state index >= 15 is 0 Å². The summed E-state index contributed by atoms with van der Waals surface area (Å²) in [4.78, 5) is 18.7. The largest absolute Gasteiger partial charge is 0.477 e. The second-order valence-corrected chi connectivity index (χ2v) is 5.01. The Balaban J connectivity index is 1.80. The van der Waals surface area contributed by atoms with Crippen molar-refractivity contribution in [1.29, 1.82) is 0 Å². The van der Waals surface area contributed by atoms with Crippen LogP contribution in [0.2, 0.25) is 0 Å². The predicted molar refractivity (Wildman–Crippen MR) is 79.2 cm³/mol. The first-order chi connectivity index (χ1) is 10.7. The molecule has 1 saturated heterocycles.